The molecule has 2 amide bonds. The van der Waals surface area contributed by atoms with E-state index in [1.165, 1.54) is 6.07 Å². The van der Waals surface area contributed by atoms with Gasteiger partial charge in [0.15, 0.2) is 6.04 Å². The van der Waals surface area contributed by atoms with Crippen LogP contribution in [0.2, 0.25) is 10.0 Å². The Bertz CT molecular complexity index is 853. The van der Waals surface area contributed by atoms with Crippen molar-refractivity contribution in [3.63, 3.8) is 0 Å². The molecule has 0 saturated carbocycles. The molecule has 0 unspecified atom stereocenters. The molecule has 6 nitrogen and oxygen atoms in total. The Morgan fingerprint density at radius 3 is 2.42 bits per heavy atom. The van der Waals surface area contributed by atoms with Crippen LogP contribution in [0.15, 0.2) is 54.2 Å². The third-order valence-electron chi connectivity index (χ3n) is 3.58. The van der Waals surface area contributed by atoms with E-state index in [9.17, 15) is 14.9 Å². The minimum Gasteiger partial charge on any atom is -0.321 e. The molecule has 3 rings (SSSR count). The van der Waals surface area contributed by atoms with Gasteiger partial charge >= 0.3 is 6.03 Å². The van der Waals surface area contributed by atoms with Gasteiger partial charge in [0.05, 0.1) is 4.92 Å². The minimum absolute atomic E-state index is 0.139. The van der Waals surface area contributed by atoms with Gasteiger partial charge in [-0.1, -0.05) is 59.6 Å². The fourth-order valence-corrected chi connectivity index (χ4v) is 3.06. The summed E-state index contributed by atoms with van der Waals surface area (Å²) in [6.45, 7) is 0. The Hall–Kier alpha value is -2.57. The second kappa shape index (κ2) is 6.51. The van der Waals surface area contributed by atoms with Gasteiger partial charge in [-0.15, -0.1) is 0 Å². The summed E-state index contributed by atoms with van der Waals surface area (Å²) in [5.41, 5.74) is 0.885. The molecule has 2 N–H and O–H groups in total. The van der Waals surface area contributed by atoms with E-state index >= 15 is 0 Å². The molecule has 2 aromatic rings. The number of carbonyl (C=O) groups excluding carboxylic acids is 1. The number of nitrogens with one attached hydrogen (secondary N) is 2. The van der Waals surface area contributed by atoms with Crippen molar-refractivity contribution in [2.75, 3.05) is 0 Å². The molecule has 1 aliphatic heterocycles. The van der Waals surface area contributed by atoms with E-state index < -0.39 is 17.0 Å². The quantitative estimate of drug-likeness (QED) is 0.638. The zero-order valence-electron chi connectivity index (χ0n) is 12.1. The van der Waals surface area contributed by atoms with Crippen molar-refractivity contribution >= 4 is 34.9 Å². The van der Waals surface area contributed by atoms with Crippen molar-refractivity contribution in [3.05, 3.63) is 85.5 Å². The van der Waals surface area contributed by atoms with Crippen molar-refractivity contribution < 1.29 is 9.72 Å². The number of nitrogens with zero attached hydrogens (tertiary/aromatic N) is 1. The number of hydrogen-bond acceptors (Lipinski definition) is 3. The molecule has 0 aliphatic carbocycles. The maximum absolute atomic E-state index is 12.0. The van der Waals surface area contributed by atoms with Crippen LogP contribution in [0.4, 0.5) is 4.79 Å². The summed E-state index contributed by atoms with van der Waals surface area (Å²) in [6, 6.07) is 11.7. The first-order valence-electron chi connectivity index (χ1n) is 6.94. The highest BCUT2D eigenvalue weighted by molar-refractivity contribution is 6.35. The van der Waals surface area contributed by atoms with Crippen molar-refractivity contribution in [2.24, 2.45) is 0 Å². The van der Waals surface area contributed by atoms with Crippen molar-refractivity contribution in [1.29, 1.82) is 0 Å². The molecule has 1 aliphatic rings. The molecule has 122 valence electrons. The summed E-state index contributed by atoms with van der Waals surface area (Å²) in [5.74, 6) is 0. The number of benzene rings is 2. The number of nitro groups is 1. The zero-order valence-corrected chi connectivity index (χ0v) is 13.6. The van der Waals surface area contributed by atoms with Crippen LogP contribution in [0.1, 0.15) is 17.2 Å². The lowest BCUT2D eigenvalue weighted by Crippen LogP contribution is -2.45. The molecule has 0 saturated heterocycles. The third kappa shape index (κ3) is 3.06. The van der Waals surface area contributed by atoms with Gasteiger partial charge in [-0.2, -0.15) is 0 Å². The lowest BCUT2D eigenvalue weighted by atomic mass is 9.98. The van der Waals surface area contributed by atoms with E-state index in [-0.39, 0.29) is 16.4 Å². The Morgan fingerprint density at radius 2 is 1.79 bits per heavy atom. The van der Waals surface area contributed by atoms with Crippen LogP contribution in [0.25, 0.3) is 5.70 Å². The average Bonchev–Trinajstić information content (AvgIpc) is 2.54. The van der Waals surface area contributed by atoms with Crippen LogP contribution < -0.4 is 10.6 Å². The van der Waals surface area contributed by atoms with Gasteiger partial charge in [-0.05, 0) is 12.1 Å². The first kappa shape index (κ1) is 16.3. The third-order valence-corrected chi connectivity index (χ3v) is 4.14. The molecule has 0 bridgehead atoms. The Balaban J connectivity index is 2.20. The standard InChI is InChI=1S/C16H11Cl2N3O3/c17-10-6-7-11(12(18)8-10)14-15(21(23)24)13(19-16(22)20-14)9-4-2-1-3-5-9/h1-8,14H,(H2,19,20,22)/t14-/m1/s1. The Kier molecular flexibility index (Phi) is 4.42. The predicted octanol–water partition coefficient (Wildman–Crippen LogP) is 3.99. The number of halogens is 2. The largest absolute Gasteiger partial charge is 0.321 e. The van der Waals surface area contributed by atoms with E-state index in [0.29, 0.717) is 16.1 Å². The van der Waals surface area contributed by atoms with E-state index in [0.717, 1.165) is 0 Å². The van der Waals surface area contributed by atoms with Gasteiger partial charge in [-0.25, -0.2) is 4.79 Å². The van der Waals surface area contributed by atoms with Gasteiger partial charge < -0.3 is 10.6 Å². The van der Waals surface area contributed by atoms with Gasteiger partial charge in [0, 0.05) is 21.2 Å². The molecule has 1 atom stereocenters. The Labute approximate surface area is 147 Å². The maximum Gasteiger partial charge on any atom is 0.320 e. The minimum atomic E-state index is -0.992. The van der Waals surface area contributed by atoms with Gasteiger partial charge in [0.2, 0.25) is 0 Å². The number of amides is 2. The molecule has 24 heavy (non-hydrogen) atoms. The van der Waals surface area contributed by atoms with Crippen LogP contribution in [-0.4, -0.2) is 11.0 Å². The Morgan fingerprint density at radius 1 is 1.08 bits per heavy atom. The molecular weight excluding hydrogens is 353 g/mol. The number of rotatable bonds is 3. The summed E-state index contributed by atoms with van der Waals surface area (Å²) < 4.78 is 0. The molecule has 2 aromatic carbocycles. The number of carbonyl (C=O) groups is 1. The molecule has 8 heteroatoms. The monoisotopic (exact) mass is 363 g/mol. The molecule has 0 fully saturated rings. The van der Waals surface area contributed by atoms with Gasteiger partial charge in [0.1, 0.15) is 5.70 Å². The van der Waals surface area contributed by atoms with Crippen LogP contribution in [-0.2, 0) is 0 Å². The predicted molar refractivity (Wildman–Crippen MR) is 91.2 cm³/mol. The van der Waals surface area contributed by atoms with Crippen LogP contribution in [0.5, 0.6) is 0 Å². The van der Waals surface area contributed by atoms with Gasteiger partial charge in [0.25, 0.3) is 5.70 Å². The highest BCUT2D eigenvalue weighted by Crippen LogP contribution is 2.35. The first-order chi connectivity index (χ1) is 11.5. The van der Waals surface area contributed by atoms with Crippen LogP contribution in [0, 0.1) is 10.1 Å². The van der Waals surface area contributed by atoms with Crippen molar-refractivity contribution in [1.82, 2.24) is 10.6 Å². The van der Waals surface area contributed by atoms with Crippen LogP contribution >= 0.6 is 23.2 Å². The average molecular weight is 364 g/mol. The van der Waals surface area contributed by atoms with Gasteiger partial charge in [-0.3, -0.25) is 10.1 Å². The number of hydrogen-bond donors (Lipinski definition) is 2. The smallest absolute Gasteiger partial charge is 0.320 e. The first-order valence-corrected chi connectivity index (χ1v) is 7.69. The SMILES string of the molecule is O=C1NC(c2ccccc2)=C([N+](=O)[O-])[C@@H](c2ccc(Cl)cc2Cl)N1. The summed E-state index contributed by atoms with van der Waals surface area (Å²) in [7, 11) is 0. The van der Waals surface area contributed by atoms with E-state index in [4.69, 9.17) is 23.2 Å². The summed E-state index contributed by atoms with van der Waals surface area (Å²) in [6.07, 6.45) is 0. The maximum atomic E-state index is 12.0. The summed E-state index contributed by atoms with van der Waals surface area (Å²) in [4.78, 5) is 23.2. The normalized spacial score (nSPS) is 17.2. The summed E-state index contributed by atoms with van der Waals surface area (Å²) in [5, 5.41) is 17.4. The van der Waals surface area contributed by atoms with E-state index in [1.54, 1.807) is 42.5 Å². The second-order valence-electron chi connectivity index (χ2n) is 5.08. The fraction of sp³-hybridized carbons (Fsp3) is 0.0625. The van der Waals surface area contributed by atoms with E-state index in [1.807, 2.05) is 0 Å². The zero-order chi connectivity index (χ0) is 17.3. The molecule has 0 radical (unpaired) electrons. The lowest BCUT2D eigenvalue weighted by Gasteiger charge is -2.25. The number of urea groups is 1. The van der Waals surface area contributed by atoms with Crippen LogP contribution in [0.3, 0.4) is 0 Å². The highest BCUT2D eigenvalue weighted by Gasteiger charge is 2.38. The molecule has 1 heterocycles. The molecule has 0 spiro atoms. The highest BCUT2D eigenvalue weighted by atomic mass is 35.5. The lowest BCUT2D eigenvalue weighted by molar-refractivity contribution is -0.430. The van der Waals surface area contributed by atoms with E-state index in [2.05, 4.69) is 10.6 Å². The second-order valence-corrected chi connectivity index (χ2v) is 5.92. The van der Waals surface area contributed by atoms with Crippen molar-refractivity contribution in [2.45, 2.75) is 6.04 Å². The summed E-state index contributed by atoms with van der Waals surface area (Å²) >= 11 is 12.1. The van der Waals surface area contributed by atoms with Crippen molar-refractivity contribution in [3.8, 4) is 0 Å². The molecular formula is C16H11Cl2N3O3. The topological polar surface area (TPSA) is 84.3 Å². The molecule has 0 aromatic heterocycles. The fourth-order valence-electron chi connectivity index (χ4n) is 2.54.